The van der Waals surface area contributed by atoms with Gasteiger partial charge in [-0.2, -0.15) is 0 Å². The summed E-state index contributed by atoms with van der Waals surface area (Å²) in [7, 11) is 0. The van der Waals surface area contributed by atoms with Gasteiger partial charge < -0.3 is 10.9 Å². The van der Waals surface area contributed by atoms with Crippen molar-refractivity contribution in [1.82, 2.24) is 0 Å². The Labute approximate surface area is 302 Å². The van der Waals surface area contributed by atoms with Crippen molar-refractivity contribution in [3.8, 4) is 0 Å². The Bertz CT molecular complexity index is 527. The number of hydrogen-bond donors (Lipinski definition) is 2. The highest BCUT2D eigenvalue weighted by molar-refractivity contribution is 4.84. The highest BCUT2D eigenvalue weighted by atomic mass is 16.9. The maximum atomic E-state index is 8.36. The molecule has 0 amide bonds. The molecule has 0 saturated heterocycles. The molecule has 0 aliphatic carbocycles. The van der Waals surface area contributed by atoms with Gasteiger partial charge in [-0.1, -0.05) is 252 Å². The molecule has 0 aromatic carbocycles. The molecule has 0 heterocycles. The van der Waals surface area contributed by atoms with Crippen molar-refractivity contribution < 1.29 is 10.3 Å². The van der Waals surface area contributed by atoms with Crippen molar-refractivity contribution in [2.24, 2.45) is 5.73 Å². The lowest BCUT2D eigenvalue weighted by molar-refractivity contribution is -0.742. The molecule has 0 unspecified atom stereocenters. The van der Waals surface area contributed by atoms with Gasteiger partial charge in [0.25, 0.3) is 5.09 Å². The molecule has 0 radical (unpaired) electrons. The Kier molecular flexibility index (Phi) is 43.4. The van der Waals surface area contributed by atoms with E-state index in [4.69, 9.17) is 21.1 Å². The standard InChI is InChI=1S/C43H89N.HNO3/c1-4-7-10-13-16-19-22-25-28-31-34-37-40-43(44,41-38-35-32-29-26-23-20-17-14-11-8-5-2)42-39-36-33-30-27-24-21-18-15-12-9-6-3;2-1(3)4/h4-42,44H2,1-3H3;(H,2,3,4). The van der Waals surface area contributed by atoms with Crippen LogP contribution in [0.3, 0.4) is 0 Å². The molecule has 5 nitrogen and oxygen atoms in total. The Balaban J connectivity index is 0. The average Bonchev–Trinajstić information content (AvgIpc) is 3.06. The molecule has 5 heteroatoms. The molecule has 0 aromatic heterocycles. The molecule has 3 N–H and O–H groups in total. The second-order valence-electron chi connectivity index (χ2n) is 15.5. The van der Waals surface area contributed by atoms with Crippen LogP contribution in [0.5, 0.6) is 0 Å². The molecule has 0 aliphatic heterocycles. The normalized spacial score (nSPS) is 11.5. The summed E-state index contributed by atoms with van der Waals surface area (Å²) in [6, 6.07) is 0. The van der Waals surface area contributed by atoms with E-state index >= 15 is 0 Å². The minimum Gasteiger partial charge on any atom is -0.328 e. The number of unbranched alkanes of at least 4 members (excludes halogenated alkanes) is 33. The Morgan fingerprint density at radius 1 is 0.375 bits per heavy atom. The van der Waals surface area contributed by atoms with E-state index in [1.165, 1.54) is 250 Å². The first-order chi connectivity index (χ1) is 23.4. The van der Waals surface area contributed by atoms with E-state index in [2.05, 4.69) is 20.8 Å². The smallest absolute Gasteiger partial charge is 0.291 e. The lowest BCUT2D eigenvalue weighted by Crippen LogP contribution is -2.39. The van der Waals surface area contributed by atoms with Gasteiger partial charge in [-0.25, -0.2) is 0 Å². The van der Waals surface area contributed by atoms with E-state index in [0.717, 1.165) is 0 Å². The molecule has 290 valence electrons. The van der Waals surface area contributed by atoms with Crippen molar-refractivity contribution in [3.63, 3.8) is 0 Å². The third-order valence-corrected chi connectivity index (χ3v) is 10.6. The first-order valence-electron chi connectivity index (χ1n) is 22.0. The van der Waals surface area contributed by atoms with Crippen molar-refractivity contribution in [1.29, 1.82) is 0 Å². The maximum Gasteiger partial charge on any atom is 0.291 e. The Morgan fingerprint density at radius 2 is 0.500 bits per heavy atom. The highest BCUT2D eigenvalue weighted by Gasteiger charge is 2.23. The Morgan fingerprint density at radius 3 is 0.646 bits per heavy atom. The van der Waals surface area contributed by atoms with Gasteiger partial charge in [0.05, 0.1) is 0 Å². The van der Waals surface area contributed by atoms with Gasteiger partial charge in [-0.3, -0.25) is 0 Å². The first-order valence-corrected chi connectivity index (χ1v) is 22.0. The zero-order valence-corrected chi connectivity index (χ0v) is 33.4. The zero-order valence-electron chi connectivity index (χ0n) is 33.4. The molecule has 0 aliphatic rings. The van der Waals surface area contributed by atoms with Crippen LogP contribution in [-0.2, 0) is 0 Å². The monoisotopic (exact) mass is 683 g/mol. The summed E-state index contributed by atoms with van der Waals surface area (Å²) in [5, 5.41) is 13.6. The predicted molar refractivity (Wildman–Crippen MR) is 213 cm³/mol. The summed E-state index contributed by atoms with van der Waals surface area (Å²) in [6.07, 6.45) is 55.5. The fourth-order valence-corrected chi connectivity index (χ4v) is 7.33. The number of rotatable bonds is 39. The second-order valence-corrected chi connectivity index (χ2v) is 15.5. The molecule has 0 fully saturated rings. The summed E-state index contributed by atoms with van der Waals surface area (Å²) in [5.74, 6) is 0. The summed E-state index contributed by atoms with van der Waals surface area (Å²) in [5.41, 5.74) is 7.31. The molecule has 0 rings (SSSR count). The van der Waals surface area contributed by atoms with Crippen LogP contribution in [0.4, 0.5) is 0 Å². The van der Waals surface area contributed by atoms with E-state index in [-0.39, 0.29) is 5.54 Å². The van der Waals surface area contributed by atoms with E-state index in [9.17, 15) is 0 Å². The third-order valence-electron chi connectivity index (χ3n) is 10.6. The highest BCUT2D eigenvalue weighted by Crippen LogP contribution is 2.27. The van der Waals surface area contributed by atoms with Crippen LogP contribution < -0.4 is 5.73 Å². The molecule has 0 saturated carbocycles. The van der Waals surface area contributed by atoms with Gasteiger partial charge in [0.1, 0.15) is 0 Å². The molecule has 0 spiro atoms. The second kappa shape index (κ2) is 42.3. The molecular formula is C43H90N2O3. The molecular weight excluding hydrogens is 592 g/mol. The van der Waals surface area contributed by atoms with Gasteiger partial charge in [-0.15, -0.1) is 10.1 Å². The van der Waals surface area contributed by atoms with E-state index in [1.54, 1.807) is 0 Å². The minimum atomic E-state index is -1.50. The average molecular weight is 683 g/mol. The van der Waals surface area contributed by atoms with Gasteiger partial charge in [0.2, 0.25) is 0 Å². The lowest BCUT2D eigenvalue weighted by Gasteiger charge is -2.30. The van der Waals surface area contributed by atoms with Crippen molar-refractivity contribution >= 4 is 0 Å². The van der Waals surface area contributed by atoms with Gasteiger partial charge in [-0.05, 0) is 19.3 Å². The van der Waals surface area contributed by atoms with Crippen LogP contribution in [-0.4, -0.2) is 15.8 Å². The largest absolute Gasteiger partial charge is 0.328 e. The number of nitrogens with two attached hydrogens (primary N) is 1. The third kappa shape index (κ3) is 45.2. The Hall–Kier alpha value is -0.840. The van der Waals surface area contributed by atoms with Crippen LogP contribution in [0.1, 0.15) is 271 Å². The van der Waals surface area contributed by atoms with Crippen molar-refractivity contribution in [2.75, 3.05) is 0 Å². The topological polar surface area (TPSA) is 89.4 Å². The van der Waals surface area contributed by atoms with Crippen LogP contribution in [0.15, 0.2) is 0 Å². The van der Waals surface area contributed by atoms with Crippen LogP contribution >= 0.6 is 0 Å². The summed E-state index contributed by atoms with van der Waals surface area (Å²) in [6.45, 7) is 6.94. The fraction of sp³-hybridized carbons (Fsp3) is 1.00. The summed E-state index contributed by atoms with van der Waals surface area (Å²) >= 11 is 0. The number of hydrogen-bond acceptors (Lipinski definition) is 3. The van der Waals surface area contributed by atoms with E-state index < -0.39 is 5.09 Å². The number of nitrogens with zero attached hydrogens (tertiary/aromatic N) is 1. The quantitative estimate of drug-likeness (QED) is 0.0383. The van der Waals surface area contributed by atoms with Crippen LogP contribution in [0.2, 0.25) is 0 Å². The minimum absolute atomic E-state index is 0.121. The summed E-state index contributed by atoms with van der Waals surface area (Å²) in [4.78, 5) is 8.36. The zero-order chi connectivity index (χ0) is 35.7. The van der Waals surface area contributed by atoms with E-state index in [1.807, 2.05) is 0 Å². The summed E-state index contributed by atoms with van der Waals surface area (Å²) < 4.78 is 0. The van der Waals surface area contributed by atoms with Gasteiger partial charge >= 0.3 is 0 Å². The predicted octanol–water partition coefficient (Wildman–Crippen LogP) is 15.6. The van der Waals surface area contributed by atoms with Gasteiger partial charge in [0.15, 0.2) is 0 Å². The molecule has 0 aromatic rings. The van der Waals surface area contributed by atoms with E-state index in [0.29, 0.717) is 0 Å². The van der Waals surface area contributed by atoms with Crippen molar-refractivity contribution in [3.05, 3.63) is 10.1 Å². The molecule has 0 bridgehead atoms. The van der Waals surface area contributed by atoms with Gasteiger partial charge in [0, 0.05) is 5.54 Å². The van der Waals surface area contributed by atoms with Crippen LogP contribution in [0.25, 0.3) is 0 Å². The maximum absolute atomic E-state index is 8.36. The fourth-order valence-electron chi connectivity index (χ4n) is 7.33. The molecule has 48 heavy (non-hydrogen) atoms. The van der Waals surface area contributed by atoms with Crippen molar-refractivity contribution in [2.45, 2.75) is 277 Å². The lowest BCUT2D eigenvalue weighted by atomic mass is 9.82. The SMILES string of the molecule is CCCCCCCCCCCCCCC(N)(CCCCCCCCCCCCCC)CCCCCCCCCCCCCC.O=[N+]([O-])O. The van der Waals surface area contributed by atoms with Crippen LogP contribution in [0, 0.1) is 10.1 Å². The molecule has 0 atom stereocenters. The first kappa shape index (κ1) is 49.3.